The van der Waals surface area contributed by atoms with Gasteiger partial charge >= 0.3 is 0 Å². The summed E-state index contributed by atoms with van der Waals surface area (Å²) in [5, 5.41) is 2.95. The van der Waals surface area contributed by atoms with E-state index in [2.05, 4.69) is 10.0 Å². The number of ether oxygens (including phenoxy) is 1. The van der Waals surface area contributed by atoms with Crippen molar-refractivity contribution < 1.29 is 17.9 Å². The smallest absolute Gasteiger partial charge is 0.258 e. The van der Waals surface area contributed by atoms with Crippen LogP contribution in [0.4, 0.5) is 0 Å². The van der Waals surface area contributed by atoms with Crippen LogP contribution in [0.3, 0.4) is 0 Å². The molecular weight excluding hydrogens is 412 g/mol. The second kappa shape index (κ2) is 10.6. The third kappa shape index (κ3) is 7.03. The molecule has 2 N–H and O–H groups in total. The Morgan fingerprint density at radius 1 is 1.14 bits per heavy atom. The zero-order chi connectivity index (χ0) is 21.4. The summed E-state index contributed by atoms with van der Waals surface area (Å²) in [7, 11) is -3.77. The Morgan fingerprint density at radius 2 is 1.83 bits per heavy atom. The molecule has 2 atom stereocenters. The average molecular weight is 439 g/mol. The highest BCUT2D eigenvalue weighted by Crippen LogP contribution is 2.28. The van der Waals surface area contributed by atoms with Crippen LogP contribution in [-0.4, -0.2) is 27.0 Å². The molecule has 2 aromatic rings. The van der Waals surface area contributed by atoms with Gasteiger partial charge in [-0.2, -0.15) is 0 Å². The van der Waals surface area contributed by atoms with Crippen LogP contribution in [0.15, 0.2) is 53.4 Å². The minimum absolute atomic E-state index is 0.0265. The van der Waals surface area contributed by atoms with E-state index in [0.717, 1.165) is 18.4 Å². The molecule has 0 saturated heterocycles. The molecule has 29 heavy (non-hydrogen) atoms. The topological polar surface area (TPSA) is 84.5 Å². The maximum absolute atomic E-state index is 12.7. The van der Waals surface area contributed by atoms with E-state index < -0.39 is 16.1 Å². The molecule has 1 amide bonds. The quantitative estimate of drug-likeness (QED) is 0.585. The van der Waals surface area contributed by atoms with Gasteiger partial charge in [0.15, 0.2) is 6.61 Å². The van der Waals surface area contributed by atoms with E-state index in [4.69, 9.17) is 16.3 Å². The molecular formula is C21H27ClN2O4S. The van der Waals surface area contributed by atoms with Crippen molar-refractivity contribution in [2.24, 2.45) is 0 Å². The molecule has 2 unspecified atom stereocenters. The van der Waals surface area contributed by atoms with Gasteiger partial charge in [0, 0.05) is 12.1 Å². The summed E-state index contributed by atoms with van der Waals surface area (Å²) >= 11 is 6.18. The molecule has 158 valence electrons. The van der Waals surface area contributed by atoms with Crippen molar-refractivity contribution in [3.8, 4) is 5.75 Å². The van der Waals surface area contributed by atoms with Gasteiger partial charge in [-0.15, -0.1) is 0 Å². The number of halogens is 1. The lowest BCUT2D eigenvalue weighted by atomic mass is 10.1. The van der Waals surface area contributed by atoms with Crippen molar-refractivity contribution in [3.63, 3.8) is 0 Å². The first-order chi connectivity index (χ1) is 13.7. The number of carbonyl (C=O) groups excluding carboxylic acids is 1. The molecule has 0 radical (unpaired) electrons. The van der Waals surface area contributed by atoms with Gasteiger partial charge in [0.05, 0.1) is 9.92 Å². The number of carbonyl (C=O) groups is 1. The fourth-order valence-electron chi connectivity index (χ4n) is 2.84. The Balaban J connectivity index is 2.01. The minimum atomic E-state index is -3.77. The van der Waals surface area contributed by atoms with Gasteiger partial charge in [0.25, 0.3) is 5.91 Å². The van der Waals surface area contributed by atoms with Gasteiger partial charge in [-0.1, -0.05) is 55.3 Å². The monoisotopic (exact) mass is 438 g/mol. The first-order valence-corrected chi connectivity index (χ1v) is 11.4. The number of benzene rings is 2. The largest absolute Gasteiger partial charge is 0.482 e. The molecule has 0 heterocycles. The fourth-order valence-corrected chi connectivity index (χ4v) is 4.40. The summed E-state index contributed by atoms with van der Waals surface area (Å²) in [6.45, 7) is 5.55. The zero-order valence-electron chi connectivity index (χ0n) is 16.8. The number of nitrogens with one attached hydrogen (secondary N) is 2. The summed E-state index contributed by atoms with van der Waals surface area (Å²) in [6, 6.07) is 13.1. The molecule has 0 fully saturated rings. The lowest BCUT2D eigenvalue weighted by Crippen LogP contribution is -2.36. The van der Waals surface area contributed by atoms with Gasteiger partial charge in [-0.05, 0) is 44.0 Å². The van der Waals surface area contributed by atoms with E-state index in [9.17, 15) is 13.2 Å². The zero-order valence-corrected chi connectivity index (χ0v) is 18.4. The Hall–Kier alpha value is -2.09. The van der Waals surface area contributed by atoms with Gasteiger partial charge in [0.1, 0.15) is 5.75 Å². The maximum atomic E-state index is 12.7. The molecule has 0 saturated carbocycles. The van der Waals surface area contributed by atoms with Crippen LogP contribution in [0.5, 0.6) is 5.75 Å². The minimum Gasteiger partial charge on any atom is -0.482 e. The Labute approximate surface area is 177 Å². The standard InChI is InChI=1S/C21H27ClN2O4S/c1-4-8-15(2)23-21(25)14-28-20-12-11-18(13-19(20)22)29(26,27)24-16(3)17-9-6-5-7-10-17/h5-7,9-13,15-16,24H,4,8,14H2,1-3H3,(H,23,25). The Bertz CT molecular complexity index is 920. The molecule has 2 aromatic carbocycles. The van der Waals surface area contributed by atoms with Gasteiger partial charge in [-0.25, -0.2) is 13.1 Å². The van der Waals surface area contributed by atoms with Crippen LogP contribution in [-0.2, 0) is 14.8 Å². The molecule has 6 nitrogen and oxygen atoms in total. The van der Waals surface area contributed by atoms with Crippen LogP contribution in [0.25, 0.3) is 0 Å². The highest BCUT2D eigenvalue weighted by atomic mass is 35.5. The first kappa shape index (κ1) is 23.2. The first-order valence-electron chi connectivity index (χ1n) is 9.52. The van der Waals surface area contributed by atoms with Gasteiger partial charge in [-0.3, -0.25) is 4.79 Å². The van der Waals surface area contributed by atoms with Crippen molar-refractivity contribution >= 4 is 27.5 Å². The predicted molar refractivity (Wildman–Crippen MR) is 115 cm³/mol. The summed E-state index contributed by atoms with van der Waals surface area (Å²) in [5.41, 5.74) is 0.852. The van der Waals surface area contributed by atoms with E-state index in [1.807, 2.05) is 44.2 Å². The van der Waals surface area contributed by atoms with E-state index in [-0.39, 0.29) is 34.2 Å². The van der Waals surface area contributed by atoms with Crippen molar-refractivity contribution in [2.45, 2.75) is 50.6 Å². The van der Waals surface area contributed by atoms with Crippen LogP contribution >= 0.6 is 11.6 Å². The fraction of sp³-hybridized carbons (Fsp3) is 0.381. The maximum Gasteiger partial charge on any atom is 0.258 e. The second-order valence-electron chi connectivity index (χ2n) is 6.89. The summed E-state index contributed by atoms with van der Waals surface area (Å²) in [5.74, 6) is -0.00270. The predicted octanol–water partition coefficient (Wildman–Crippen LogP) is 4.06. The number of hydrogen-bond donors (Lipinski definition) is 2. The number of rotatable bonds is 10. The number of amides is 1. The van der Waals surface area contributed by atoms with E-state index in [1.165, 1.54) is 18.2 Å². The highest BCUT2D eigenvalue weighted by molar-refractivity contribution is 7.89. The average Bonchev–Trinajstić information content (AvgIpc) is 2.67. The number of sulfonamides is 1. The number of hydrogen-bond acceptors (Lipinski definition) is 4. The third-order valence-corrected chi connectivity index (χ3v) is 6.17. The third-order valence-electron chi connectivity index (χ3n) is 4.33. The molecule has 0 spiro atoms. The van der Waals surface area contributed by atoms with Crippen LogP contribution in [0, 0.1) is 0 Å². The van der Waals surface area contributed by atoms with Crippen LogP contribution in [0.1, 0.15) is 45.2 Å². The molecule has 0 bridgehead atoms. The molecule has 2 rings (SSSR count). The van der Waals surface area contributed by atoms with Gasteiger partial charge < -0.3 is 10.1 Å². The van der Waals surface area contributed by atoms with Crippen molar-refractivity contribution in [1.29, 1.82) is 0 Å². The Morgan fingerprint density at radius 3 is 2.45 bits per heavy atom. The van der Waals surface area contributed by atoms with E-state index in [1.54, 1.807) is 6.92 Å². The normalized spacial score (nSPS) is 13.5. The lowest BCUT2D eigenvalue weighted by molar-refractivity contribution is -0.123. The molecule has 0 aromatic heterocycles. The molecule has 0 aliphatic heterocycles. The van der Waals surface area contributed by atoms with E-state index in [0.29, 0.717) is 0 Å². The molecule has 0 aliphatic carbocycles. The second-order valence-corrected chi connectivity index (χ2v) is 9.01. The van der Waals surface area contributed by atoms with Crippen molar-refractivity contribution in [3.05, 3.63) is 59.1 Å². The molecule has 0 aliphatic rings. The van der Waals surface area contributed by atoms with Crippen molar-refractivity contribution in [1.82, 2.24) is 10.0 Å². The van der Waals surface area contributed by atoms with Gasteiger partial charge in [0.2, 0.25) is 10.0 Å². The Kier molecular flexibility index (Phi) is 8.49. The summed E-state index contributed by atoms with van der Waals surface area (Å²) in [6.07, 6.45) is 1.86. The van der Waals surface area contributed by atoms with Crippen LogP contribution < -0.4 is 14.8 Å². The molecule has 8 heteroatoms. The van der Waals surface area contributed by atoms with E-state index >= 15 is 0 Å². The lowest BCUT2D eigenvalue weighted by Gasteiger charge is -2.16. The van der Waals surface area contributed by atoms with Crippen LogP contribution in [0.2, 0.25) is 5.02 Å². The highest BCUT2D eigenvalue weighted by Gasteiger charge is 2.20. The summed E-state index contributed by atoms with van der Waals surface area (Å²) in [4.78, 5) is 11.9. The van der Waals surface area contributed by atoms with Crippen molar-refractivity contribution in [2.75, 3.05) is 6.61 Å². The SMILES string of the molecule is CCCC(C)NC(=O)COc1ccc(S(=O)(=O)NC(C)c2ccccc2)cc1Cl. The summed E-state index contributed by atoms with van der Waals surface area (Å²) < 4.78 is 33.4.